The van der Waals surface area contributed by atoms with Gasteiger partial charge >= 0.3 is 5.97 Å². The number of hydrogen-bond donors (Lipinski definition) is 1. The molecular weight excluding hydrogens is 344 g/mol. The van der Waals surface area contributed by atoms with Gasteiger partial charge in [0, 0.05) is 31.1 Å². The van der Waals surface area contributed by atoms with Crippen molar-refractivity contribution in [2.45, 2.75) is 6.92 Å². The molecule has 0 radical (unpaired) electrons. The van der Waals surface area contributed by atoms with Crippen molar-refractivity contribution in [1.29, 1.82) is 0 Å². The summed E-state index contributed by atoms with van der Waals surface area (Å²) in [5, 5.41) is 6.97. The second kappa shape index (κ2) is 7.26. The number of halogens is 2. The first kappa shape index (κ1) is 17.5. The monoisotopic (exact) mass is 359 g/mol. The number of ether oxygens (including phenoxy) is 1. The van der Waals surface area contributed by atoms with E-state index in [1.54, 1.807) is 26.1 Å². The lowest BCUT2D eigenvalue weighted by molar-refractivity contribution is 0.0513. The Kier molecular flexibility index (Phi) is 4.87. The van der Waals surface area contributed by atoms with Crippen LogP contribution in [0.3, 0.4) is 0 Å². The van der Waals surface area contributed by atoms with Gasteiger partial charge in [-0.25, -0.2) is 23.5 Å². The van der Waals surface area contributed by atoms with Gasteiger partial charge in [0.05, 0.1) is 12.3 Å². The van der Waals surface area contributed by atoms with Gasteiger partial charge in [-0.2, -0.15) is 5.10 Å². The molecule has 1 N–H and O–H groups in total. The van der Waals surface area contributed by atoms with E-state index in [1.807, 2.05) is 0 Å². The summed E-state index contributed by atoms with van der Waals surface area (Å²) in [7, 11) is 1.62. The third-order valence-electron chi connectivity index (χ3n) is 3.40. The molecule has 0 spiro atoms. The maximum absolute atomic E-state index is 13.3. The third kappa shape index (κ3) is 3.82. The number of aryl methyl sites for hydroxylation is 1. The van der Waals surface area contributed by atoms with Crippen LogP contribution in [-0.4, -0.2) is 32.3 Å². The molecule has 0 aliphatic carbocycles. The van der Waals surface area contributed by atoms with Crippen LogP contribution >= 0.6 is 0 Å². The van der Waals surface area contributed by atoms with Crippen molar-refractivity contribution in [3.05, 3.63) is 53.9 Å². The molecule has 3 aromatic rings. The maximum Gasteiger partial charge on any atom is 0.356 e. The number of rotatable bonds is 5. The van der Waals surface area contributed by atoms with E-state index in [0.717, 1.165) is 18.2 Å². The maximum atomic E-state index is 13.3. The zero-order chi connectivity index (χ0) is 18.7. The minimum atomic E-state index is -0.715. The van der Waals surface area contributed by atoms with Crippen LogP contribution in [0.25, 0.3) is 11.4 Å². The van der Waals surface area contributed by atoms with Gasteiger partial charge in [-0.05, 0) is 25.1 Å². The van der Waals surface area contributed by atoms with Crippen molar-refractivity contribution in [2.24, 2.45) is 7.05 Å². The minimum absolute atomic E-state index is 0.135. The molecular formula is C17H15F2N5O2. The van der Waals surface area contributed by atoms with E-state index >= 15 is 0 Å². The normalized spacial score (nSPS) is 10.6. The van der Waals surface area contributed by atoms with E-state index in [1.165, 1.54) is 10.9 Å². The second-order valence-corrected chi connectivity index (χ2v) is 5.31. The number of carbonyl (C=O) groups excluding carboxylic acids is 1. The first-order valence-electron chi connectivity index (χ1n) is 7.74. The molecule has 0 aliphatic heterocycles. The molecule has 0 saturated heterocycles. The van der Waals surface area contributed by atoms with Crippen molar-refractivity contribution in [3.63, 3.8) is 0 Å². The van der Waals surface area contributed by atoms with Gasteiger partial charge < -0.3 is 10.1 Å². The van der Waals surface area contributed by atoms with Crippen LogP contribution in [-0.2, 0) is 11.8 Å². The van der Waals surface area contributed by atoms with Gasteiger partial charge in [-0.1, -0.05) is 0 Å². The Morgan fingerprint density at radius 3 is 2.62 bits per heavy atom. The molecule has 7 nitrogen and oxygen atoms in total. The molecule has 0 atom stereocenters. The van der Waals surface area contributed by atoms with Crippen molar-refractivity contribution >= 4 is 17.6 Å². The van der Waals surface area contributed by atoms with Crippen LogP contribution < -0.4 is 5.32 Å². The molecule has 2 aromatic heterocycles. The largest absolute Gasteiger partial charge is 0.461 e. The standard InChI is InChI=1S/C17H15F2N5O2/c1-3-26-16(25)15-9-14(23-24(15)2)13-4-5-20-17(22-13)21-12-7-10(18)6-11(19)8-12/h4-9H,3H2,1-2H3,(H,20,21,22). The first-order valence-corrected chi connectivity index (χ1v) is 7.74. The van der Waals surface area contributed by atoms with Gasteiger partial charge in [-0.3, -0.25) is 4.68 Å². The lowest BCUT2D eigenvalue weighted by Gasteiger charge is -2.06. The van der Waals surface area contributed by atoms with E-state index in [9.17, 15) is 13.6 Å². The molecule has 0 aliphatic rings. The second-order valence-electron chi connectivity index (χ2n) is 5.31. The SMILES string of the molecule is CCOC(=O)c1cc(-c2ccnc(Nc3cc(F)cc(F)c3)n2)nn1C. The van der Waals surface area contributed by atoms with Gasteiger partial charge in [0.15, 0.2) is 0 Å². The summed E-state index contributed by atoms with van der Waals surface area (Å²) in [5.41, 5.74) is 1.33. The highest BCUT2D eigenvalue weighted by molar-refractivity contribution is 5.88. The van der Waals surface area contributed by atoms with Crippen LogP contribution in [0.4, 0.5) is 20.4 Å². The van der Waals surface area contributed by atoms with Crippen LogP contribution in [0.15, 0.2) is 36.5 Å². The Hall–Kier alpha value is -3.36. The molecule has 2 heterocycles. The van der Waals surface area contributed by atoms with Crippen molar-refractivity contribution in [2.75, 3.05) is 11.9 Å². The van der Waals surface area contributed by atoms with Crippen LogP contribution in [0.2, 0.25) is 0 Å². The number of aromatic nitrogens is 4. The average molecular weight is 359 g/mol. The molecule has 0 bridgehead atoms. The zero-order valence-electron chi connectivity index (χ0n) is 14.0. The lowest BCUT2D eigenvalue weighted by Crippen LogP contribution is -2.10. The first-order chi connectivity index (χ1) is 12.5. The van der Waals surface area contributed by atoms with Crippen LogP contribution in [0.5, 0.6) is 0 Å². The van der Waals surface area contributed by atoms with Crippen LogP contribution in [0.1, 0.15) is 17.4 Å². The summed E-state index contributed by atoms with van der Waals surface area (Å²) >= 11 is 0. The molecule has 3 rings (SSSR count). The Morgan fingerprint density at radius 1 is 1.19 bits per heavy atom. The van der Waals surface area contributed by atoms with E-state index in [0.29, 0.717) is 11.4 Å². The fourth-order valence-electron chi connectivity index (χ4n) is 2.31. The molecule has 1 aromatic carbocycles. The van der Waals surface area contributed by atoms with Gasteiger partial charge in [-0.15, -0.1) is 0 Å². The Balaban J connectivity index is 1.88. The van der Waals surface area contributed by atoms with Crippen LogP contribution in [0, 0.1) is 11.6 Å². The zero-order valence-corrected chi connectivity index (χ0v) is 14.0. The summed E-state index contributed by atoms with van der Waals surface area (Å²) in [4.78, 5) is 20.2. The minimum Gasteiger partial charge on any atom is -0.461 e. The number of benzene rings is 1. The number of esters is 1. The third-order valence-corrected chi connectivity index (χ3v) is 3.40. The summed E-state index contributed by atoms with van der Waals surface area (Å²) in [5.74, 6) is -1.79. The Labute approximate surface area is 147 Å². The molecule has 0 amide bonds. The van der Waals surface area contributed by atoms with Gasteiger partial charge in [0.25, 0.3) is 0 Å². The number of anilines is 2. The quantitative estimate of drug-likeness (QED) is 0.705. The molecule has 0 saturated carbocycles. The fraction of sp³-hybridized carbons (Fsp3) is 0.176. The van der Waals surface area contributed by atoms with E-state index in [4.69, 9.17) is 4.74 Å². The molecule has 9 heteroatoms. The lowest BCUT2D eigenvalue weighted by atomic mass is 10.2. The molecule has 0 fully saturated rings. The predicted molar refractivity (Wildman–Crippen MR) is 89.8 cm³/mol. The summed E-state index contributed by atoms with van der Waals surface area (Å²) in [6.07, 6.45) is 1.47. The summed E-state index contributed by atoms with van der Waals surface area (Å²) < 4.78 is 32.9. The highest BCUT2D eigenvalue weighted by atomic mass is 19.1. The molecule has 26 heavy (non-hydrogen) atoms. The van der Waals surface area contributed by atoms with E-state index in [-0.39, 0.29) is 23.9 Å². The van der Waals surface area contributed by atoms with E-state index in [2.05, 4.69) is 20.4 Å². The number of carbonyl (C=O) groups is 1. The Morgan fingerprint density at radius 2 is 1.92 bits per heavy atom. The topological polar surface area (TPSA) is 81.9 Å². The highest BCUT2D eigenvalue weighted by Crippen LogP contribution is 2.21. The number of nitrogens with zero attached hydrogens (tertiary/aromatic N) is 4. The summed E-state index contributed by atoms with van der Waals surface area (Å²) in [6, 6.07) is 6.17. The average Bonchev–Trinajstić information content (AvgIpc) is 2.96. The molecule has 0 unspecified atom stereocenters. The molecule has 134 valence electrons. The highest BCUT2D eigenvalue weighted by Gasteiger charge is 2.16. The van der Waals surface area contributed by atoms with Crippen molar-refractivity contribution in [1.82, 2.24) is 19.7 Å². The van der Waals surface area contributed by atoms with Crippen molar-refractivity contribution in [3.8, 4) is 11.4 Å². The van der Waals surface area contributed by atoms with Gasteiger partial charge in [0.1, 0.15) is 23.0 Å². The van der Waals surface area contributed by atoms with Crippen molar-refractivity contribution < 1.29 is 18.3 Å². The van der Waals surface area contributed by atoms with Gasteiger partial charge in [0.2, 0.25) is 5.95 Å². The number of nitrogens with one attached hydrogen (secondary N) is 1. The number of hydrogen-bond acceptors (Lipinski definition) is 6. The smallest absolute Gasteiger partial charge is 0.356 e. The predicted octanol–water partition coefficient (Wildman–Crippen LogP) is 3.08. The fourth-order valence-corrected chi connectivity index (χ4v) is 2.31. The van der Waals surface area contributed by atoms with E-state index < -0.39 is 17.6 Å². The summed E-state index contributed by atoms with van der Waals surface area (Å²) in [6.45, 7) is 1.97. The Bertz CT molecular complexity index is 938.